The molecular formula is C20H21ClN2O3S. The van der Waals surface area contributed by atoms with E-state index in [0.29, 0.717) is 18.1 Å². The molecule has 0 radical (unpaired) electrons. The Balaban J connectivity index is 1.51. The van der Waals surface area contributed by atoms with Crippen LogP contribution in [0.4, 0.5) is 0 Å². The van der Waals surface area contributed by atoms with Gasteiger partial charge in [0.1, 0.15) is 0 Å². The summed E-state index contributed by atoms with van der Waals surface area (Å²) in [6.07, 6.45) is 2.98. The molecule has 0 unspecified atom stereocenters. The van der Waals surface area contributed by atoms with Gasteiger partial charge in [-0.05, 0) is 35.8 Å². The first-order valence-corrected chi connectivity index (χ1v) is 10.6. The third-order valence-corrected chi connectivity index (χ3v) is 6.14. The standard InChI is InChI=1S/C20H21ClN2O3S/c21-18-7-4-8-19(15-18)27(25,26)22-12-9-20(24)23-13-10-17(11-14-23)16-5-2-1-3-6-16/h1-8,10,15,22H,9,11-14H2. The summed E-state index contributed by atoms with van der Waals surface area (Å²) >= 11 is 5.83. The number of amides is 1. The second kappa shape index (κ2) is 8.69. The molecule has 0 saturated heterocycles. The second-order valence-electron chi connectivity index (χ2n) is 6.29. The molecule has 0 spiro atoms. The molecule has 142 valence electrons. The van der Waals surface area contributed by atoms with E-state index in [1.165, 1.54) is 23.3 Å². The molecule has 1 aliphatic rings. The average molecular weight is 405 g/mol. The fraction of sp³-hybridized carbons (Fsp3) is 0.250. The number of rotatable bonds is 6. The molecule has 1 amide bonds. The Morgan fingerprint density at radius 2 is 1.89 bits per heavy atom. The van der Waals surface area contributed by atoms with E-state index in [0.717, 1.165) is 6.42 Å². The van der Waals surface area contributed by atoms with Crippen molar-refractivity contribution in [2.45, 2.75) is 17.7 Å². The summed E-state index contributed by atoms with van der Waals surface area (Å²) in [6, 6.07) is 16.1. The number of hydrogen-bond acceptors (Lipinski definition) is 3. The Labute approximate surface area is 164 Å². The lowest BCUT2D eigenvalue weighted by Crippen LogP contribution is -2.37. The third kappa shape index (κ3) is 5.19. The molecule has 0 aliphatic carbocycles. The first kappa shape index (κ1) is 19.6. The number of nitrogens with one attached hydrogen (secondary N) is 1. The van der Waals surface area contributed by atoms with E-state index < -0.39 is 10.0 Å². The highest BCUT2D eigenvalue weighted by molar-refractivity contribution is 7.89. The number of benzene rings is 2. The Bertz CT molecular complexity index is 943. The normalized spacial score (nSPS) is 14.7. The molecule has 2 aromatic carbocycles. The van der Waals surface area contributed by atoms with Crippen LogP contribution < -0.4 is 4.72 Å². The molecule has 7 heteroatoms. The van der Waals surface area contributed by atoms with Gasteiger partial charge in [-0.3, -0.25) is 4.79 Å². The number of halogens is 1. The van der Waals surface area contributed by atoms with Crippen LogP contribution in [0.5, 0.6) is 0 Å². The number of carbonyl (C=O) groups excluding carboxylic acids is 1. The van der Waals surface area contributed by atoms with Crippen LogP contribution >= 0.6 is 11.6 Å². The topological polar surface area (TPSA) is 66.5 Å². The molecule has 1 N–H and O–H groups in total. The minimum absolute atomic E-state index is 0.0550. The maximum Gasteiger partial charge on any atom is 0.240 e. The lowest BCUT2D eigenvalue weighted by molar-refractivity contribution is -0.130. The number of nitrogens with zero attached hydrogens (tertiary/aromatic N) is 1. The minimum Gasteiger partial charge on any atom is -0.339 e. The van der Waals surface area contributed by atoms with Crippen molar-refractivity contribution in [3.63, 3.8) is 0 Å². The van der Waals surface area contributed by atoms with E-state index in [1.807, 2.05) is 18.2 Å². The largest absolute Gasteiger partial charge is 0.339 e. The van der Waals surface area contributed by atoms with Gasteiger partial charge in [-0.25, -0.2) is 13.1 Å². The molecule has 0 fully saturated rings. The Morgan fingerprint density at radius 3 is 2.56 bits per heavy atom. The van der Waals surface area contributed by atoms with Gasteiger partial charge in [0.25, 0.3) is 0 Å². The monoisotopic (exact) mass is 404 g/mol. The van der Waals surface area contributed by atoms with E-state index in [9.17, 15) is 13.2 Å². The van der Waals surface area contributed by atoms with Crippen LogP contribution in [0.25, 0.3) is 5.57 Å². The van der Waals surface area contributed by atoms with E-state index >= 15 is 0 Å². The summed E-state index contributed by atoms with van der Waals surface area (Å²) < 4.78 is 26.9. The van der Waals surface area contributed by atoms with Gasteiger partial charge < -0.3 is 4.90 Å². The zero-order valence-corrected chi connectivity index (χ0v) is 16.3. The molecule has 0 atom stereocenters. The predicted octanol–water partition coefficient (Wildman–Crippen LogP) is 3.32. The molecule has 1 heterocycles. The number of hydrogen-bond donors (Lipinski definition) is 1. The number of carbonyl (C=O) groups is 1. The lowest BCUT2D eigenvalue weighted by atomic mass is 9.99. The van der Waals surface area contributed by atoms with Crippen molar-refractivity contribution in [1.29, 1.82) is 0 Å². The van der Waals surface area contributed by atoms with Gasteiger partial charge in [-0.15, -0.1) is 0 Å². The highest BCUT2D eigenvalue weighted by atomic mass is 35.5. The molecule has 27 heavy (non-hydrogen) atoms. The van der Waals surface area contributed by atoms with Crippen LogP contribution in [0.3, 0.4) is 0 Å². The van der Waals surface area contributed by atoms with Crippen molar-refractivity contribution >= 4 is 33.1 Å². The van der Waals surface area contributed by atoms with Gasteiger partial charge in [0.15, 0.2) is 0 Å². The van der Waals surface area contributed by atoms with Crippen LogP contribution in [0.15, 0.2) is 65.6 Å². The van der Waals surface area contributed by atoms with Crippen LogP contribution in [0.1, 0.15) is 18.4 Å². The SMILES string of the molecule is O=C(CCNS(=O)(=O)c1cccc(Cl)c1)N1CC=C(c2ccccc2)CC1. The van der Waals surface area contributed by atoms with Crippen molar-refractivity contribution < 1.29 is 13.2 Å². The Hall–Kier alpha value is -2.15. The summed E-state index contributed by atoms with van der Waals surface area (Å²) in [5.74, 6) is -0.0628. The first-order chi connectivity index (χ1) is 13.0. The maximum absolute atomic E-state index is 12.4. The molecule has 0 aromatic heterocycles. The Morgan fingerprint density at radius 1 is 1.11 bits per heavy atom. The lowest BCUT2D eigenvalue weighted by Gasteiger charge is -2.26. The van der Waals surface area contributed by atoms with E-state index in [2.05, 4.69) is 22.9 Å². The summed E-state index contributed by atoms with van der Waals surface area (Å²) in [4.78, 5) is 14.2. The van der Waals surface area contributed by atoms with E-state index in [1.54, 1.807) is 17.0 Å². The van der Waals surface area contributed by atoms with Gasteiger partial charge in [0.05, 0.1) is 4.90 Å². The van der Waals surface area contributed by atoms with Crippen molar-refractivity contribution in [2.75, 3.05) is 19.6 Å². The van der Waals surface area contributed by atoms with Gasteiger partial charge in [0, 0.05) is 31.1 Å². The third-order valence-electron chi connectivity index (χ3n) is 4.44. The summed E-state index contributed by atoms with van der Waals surface area (Å²) in [5.41, 5.74) is 2.42. The van der Waals surface area contributed by atoms with Crippen LogP contribution in [-0.2, 0) is 14.8 Å². The summed E-state index contributed by atoms with van der Waals surface area (Å²) in [6.45, 7) is 1.24. The summed E-state index contributed by atoms with van der Waals surface area (Å²) in [7, 11) is -3.67. The predicted molar refractivity (Wildman–Crippen MR) is 107 cm³/mol. The van der Waals surface area contributed by atoms with Crippen molar-refractivity contribution in [3.8, 4) is 0 Å². The van der Waals surface area contributed by atoms with Crippen molar-refractivity contribution in [1.82, 2.24) is 9.62 Å². The second-order valence-corrected chi connectivity index (χ2v) is 8.49. The molecule has 0 saturated carbocycles. The first-order valence-electron chi connectivity index (χ1n) is 8.73. The smallest absolute Gasteiger partial charge is 0.240 e. The van der Waals surface area contributed by atoms with Crippen molar-refractivity contribution in [2.24, 2.45) is 0 Å². The molecule has 5 nitrogen and oxygen atoms in total. The molecule has 3 rings (SSSR count). The summed E-state index contributed by atoms with van der Waals surface area (Å²) in [5, 5.41) is 0.350. The quantitative estimate of drug-likeness (QED) is 0.803. The average Bonchev–Trinajstić information content (AvgIpc) is 2.68. The Kier molecular flexibility index (Phi) is 6.31. The fourth-order valence-corrected chi connectivity index (χ4v) is 4.31. The molecule has 2 aromatic rings. The van der Waals surface area contributed by atoms with Gasteiger partial charge in [-0.1, -0.05) is 54.1 Å². The van der Waals surface area contributed by atoms with Gasteiger partial charge in [-0.2, -0.15) is 0 Å². The minimum atomic E-state index is -3.67. The van der Waals surface area contributed by atoms with Gasteiger partial charge >= 0.3 is 0 Å². The zero-order chi connectivity index (χ0) is 19.3. The number of sulfonamides is 1. The van der Waals surface area contributed by atoms with Gasteiger partial charge in [0.2, 0.25) is 15.9 Å². The van der Waals surface area contributed by atoms with E-state index in [4.69, 9.17) is 11.6 Å². The van der Waals surface area contributed by atoms with Crippen LogP contribution in [0.2, 0.25) is 5.02 Å². The van der Waals surface area contributed by atoms with Crippen molar-refractivity contribution in [3.05, 3.63) is 71.3 Å². The highest BCUT2D eigenvalue weighted by Crippen LogP contribution is 2.22. The zero-order valence-electron chi connectivity index (χ0n) is 14.8. The maximum atomic E-state index is 12.4. The van der Waals surface area contributed by atoms with E-state index in [-0.39, 0.29) is 23.8 Å². The molecular weight excluding hydrogens is 384 g/mol. The molecule has 0 bridgehead atoms. The van der Waals surface area contributed by atoms with Crippen LogP contribution in [0, 0.1) is 0 Å². The fourth-order valence-electron chi connectivity index (χ4n) is 2.98. The van der Waals surface area contributed by atoms with Crippen LogP contribution in [-0.4, -0.2) is 38.9 Å². The highest BCUT2D eigenvalue weighted by Gasteiger charge is 2.19. The molecule has 1 aliphatic heterocycles.